The summed E-state index contributed by atoms with van der Waals surface area (Å²) < 4.78 is 34.0. The number of nitrogens with two attached hydrogens (primary N) is 1. The second-order valence-corrected chi connectivity index (χ2v) is 9.37. The molecule has 1 heterocycles. The van der Waals surface area contributed by atoms with Crippen LogP contribution in [-0.4, -0.2) is 103 Å². The number of Topliss-reactive ketones (excluding diaryl/α,β-unsaturated/α-hetero) is 1. The number of aliphatic hydroxyl groups is 5. The van der Waals surface area contributed by atoms with Gasteiger partial charge in [0.1, 0.15) is 24.4 Å². The number of ether oxygens (including phenoxy) is 1. The standard InChI is InChI=1S/C22H38F2N2O10/c1-11(20(33)34)9-14(28)12(2)26-19(32)13(25)7-5-3-4-6-8-21(23,24)22(35)18(31)17(30)16(29)15(10-27)36-22/h11-13,15-18,27,29-31,35H,3-10,25H2,1-2H3,(H,26,32)(H,33,34)/t11-,12+,13+,15-,16+,17+,18-,22?/m1/s1. The number of unbranched alkanes of at least 4 members (excludes halogenated alkanes) is 3. The van der Waals surface area contributed by atoms with Crippen molar-refractivity contribution >= 4 is 17.7 Å². The Hall–Kier alpha value is -1.81. The minimum absolute atomic E-state index is 0.122. The lowest BCUT2D eigenvalue weighted by molar-refractivity contribution is -0.412. The number of carbonyl (C=O) groups excluding carboxylic acids is 2. The number of carboxylic acid groups (broad SMARTS) is 1. The van der Waals surface area contributed by atoms with Crippen molar-refractivity contribution in [3.8, 4) is 0 Å². The van der Waals surface area contributed by atoms with Gasteiger partial charge < -0.3 is 46.4 Å². The zero-order valence-corrected chi connectivity index (χ0v) is 20.3. The Morgan fingerprint density at radius 3 is 2.22 bits per heavy atom. The molecule has 12 nitrogen and oxygen atoms in total. The summed E-state index contributed by atoms with van der Waals surface area (Å²) in [6.07, 6.45) is -8.32. The molecule has 1 unspecified atom stereocenters. The topological polar surface area (TPSA) is 220 Å². The number of hydrogen-bond acceptors (Lipinski definition) is 10. The van der Waals surface area contributed by atoms with Gasteiger partial charge in [0.05, 0.1) is 24.6 Å². The van der Waals surface area contributed by atoms with Gasteiger partial charge in [-0.05, 0) is 19.8 Å². The first-order valence-corrected chi connectivity index (χ1v) is 11.8. The molecular formula is C22H38F2N2O10. The summed E-state index contributed by atoms with van der Waals surface area (Å²) in [5.41, 5.74) is 5.80. The highest BCUT2D eigenvalue weighted by atomic mass is 19.3. The predicted molar refractivity (Wildman–Crippen MR) is 120 cm³/mol. The zero-order valence-electron chi connectivity index (χ0n) is 20.3. The number of amides is 1. The Labute approximate surface area is 207 Å². The van der Waals surface area contributed by atoms with Crippen LogP contribution in [0.25, 0.3) is 0 Å². The van der Waals surface area contributed by atoms with Crippen molar-refractivity contribution in [3.05, 3.63) is 0 Å². The van der Waals surface area contributed by atoms with Crippen molar-refractivity contribution in [1.29, 1.82) is 0 Å². The van der Waals surface area contributed by atoms with Crippen LogP contribution >= 0.6 is 0 Å². The first-order chi connectivity index (χ1) is 16.6. The monoisotopic (exact) mass is 528 g/mol. The minimum Gasteiger partial charge on any atom is -0.481 e. The summed E-state index contributed by atoms with van der Waals surface area (Å²) >= 11 is 0. The number of rotatable bonds is 15. The highest BCUT2D eigenvalue weighted by Crippen LogP contribution is 2.42. The van der Waals surface area contributed by atoms with Gasteiger partial charge >= 0.3 is 11.9 Å². The molecular weight excluding hydrogens is 490 g/mol. The number of ketones is 1. The molecule has 1 rings (SSSR count). The van der Waals surface area contributed by atoms with Crippen molar-refractivity contribution in [1.82, 2.24) is 5.32 Å². The fraction of sp³-hybridized carbons (Fsp3) is 0.864. The first kappa shape index (κ1) is 32.2. The van der Waals surface area contributed by atoms with Gasteiger partial charge in [0.25, 0.3) is 5.79 Å². The lowest BCUT2D eigenvalue weighted by atomic mass is 9.87. The molecule has 0 aromatic rings. The Kier molecular flexibility index (Phi) is 12.2. The third kappa shape index (κ3) is 8.10. The summed E-state index contributed by atoms with van der Waals surface area (Å²) in [6, 6.07) is -1.88. The number of carbonyl (C=O) groups is 3. The second-order valence-electron chi connectivity index (χ2n) is 9.37. The van der Waals surface area contributed by atoms with E-state index in [0.717, 1.165) is 0 Å². The zero-order chi connectivity index (χ0) is 27.8. The molecule has 0 saturated carbocycles. The van der Waals surface area contributed by atoms with E-state index in [1.807, 2.05) is 0 Å². The van der Waals surface area contributed by atoms with Crippen LogP contribution in [0.4, 0.5) is 8.78 Å². The van der Waals surface area contributed by atoms with Crippen LogP contribution in [0.1, 0.15) is 58.8 Å². The summed E-state index contributed by atoms with van der Waals surface area (Å²) in [5, 5.41) is 60.0. The van der Waals surface area contributed by atoms with Crippen molar-refractivity contribution in [3.63, 3.8) is 0 Å². The number of alkyl halides is 2. The quantitative estimate of drug-likeness (QED) is 0.116. The summed E-state index contributed by atoms with van der Waals surface area (Å²) in [5.74, 6) is -10.6. The maximum absolute atomic E-state index is 14.7. The van der Waals surface area contributed by atoms with Crippen LogP contribution in [0.5, 0.6) is 0 Å². The third-order valence-electron chi connectivity index (χ3n) is 6.35. The van der Waals surface area contributed by atoms with Crippen LogP contribution in [0.2, 0.25) is 0 Å². The van der Waals surface area contributed by atoms with Crippen LogP contribution < -0.4 is 11.1 Å². The summed E-state index contributed by atoms with van der Waals surface area (Å²) in [4.78, 5) is 35.0. The van der Waals surface area contributed by atoms with Gasteiger partial charge in [0.15, 0.2) is 5.78 Å². The fourth-order valence-electron chi connectivity index (χ4n) is 3.80. The molecule has 1 aliphatic heterocycles. The van der Waals surface area contributed by atoms with E-state index in [1.54, 1.807) is 0 Å². The molecule has 1 aliphatic rings. The van der Waals surface area contributed by atoms with Gasteiger partial charge in [-0.2, -0.15) is 0 Å². The van der Waals surface area contributed by atoms with Crippen LogP contribution in [0.15, 0.2) is 0 Å². The largest absolute Gasteiger partial charge is 0.481 e. The molecule has 8 atom stereocenters. The molecule has 0 spiro atoms. The molecule has 9 N–H and O–H groups in total. The Bertz CT molecular complexity index is 756. The number of carboxylic acids is 1. The van der Waals surface area contributed by atoms with Gasteiger partial charge in [-0.3, -0.25) is 14.4 Å². The first-order valence-electron chi connectivity index (χ1n) is 11.8. The van der Waals surface area contributed by atoms with Gasteiger partial charge in [-0.15, -0.1) is 0 Å². The molecule has 0 radical (unpaired) electrons. The Balaban J connectivity index is 2.43. The lowest BCUT2D eigenvalue weighted by Gasteiger charge is -2.48. The molecule has 1 fully saturated rings. The molecule has 1 amide bonds. The van der Waals surface area contributed by atoms with Crippen LogP contribution in [-0.2, 0) is 19.1 Å². The summed E-state index contributed by atoms with van der Waals surface area (Å²) in [6.45, 7) is 1.83. The van der Waals surface area contributed by atoms with E-state index in [0.29, 0.717) is 12.8 Å². The van der Waals surface area contributed by atoms with E-state index < -0.39 is 84.8 Å². The molecule has 0 aromatic heterocycles. The van der Waals surface area contributed by atoms with E-state index in [-0.39, 0.29) is 25.7 Å². The smallest absolute Gasteiger partial charge is 0.306 e. The van der Waals surface area contributed by atoms with Gasteiger partial charge in [0, 0.05) is 12.8 Å². The maximum Gasteiger partial charge on any atom is 0.306 e. The van der Waals surface area contributed by atoms with Crippen molar-refractivity contribution in [2.45, 2.75) is 107 Å². The molecule has 0 aromatic carbocycles. The third-order valence-corrected chi connectivity index (χ3v) is 6.35. The van der Waals surface area contributed by atoms with E-state index in [1.165, 1.54) is 13.8 Å². The molecule has 36 heavy (non-hydrogen) atoms. The fourth-order valence-corrected chi connectivity index (χ4v) is 3.80. The van der Waals surface area contributed by atoms with E-state index >= 15 is 0 Å². The predicted octanol–water partition coefficient (Wildman–Crippen LogP) is -1.36. The van der Waals surface area contributed by atoms with Crippen LogP contribution in [0.3, 0.4) is 0 Å². The number of aliphatic carboxylic acids is 1. The second kappa shape index (κ2) is 13.7. The number of nitrogens with one attached hydrogen (secondary N) is 1. The average Bonchev–Trinajstić information content (AvgIpc) is 2.81. The minimum atomic E-state index is -4.02. The van der Waals surface area contributed by atoms with Crippen molar-refractivity contribution < 1.29 is 58.5 Å². The normalized spacial score (nSPS) is 29.3. The highest BCUT2D eigenvalue weighted by Gasteiger charge is 2.65. The maximum atomic E-state index is 14.7. The van der Waals surface area contributed by atoms with Crippen molar-refractivity contribution in [2.24, 2.45) is 11.7 Å². The molecule has 14 heteroatoms. The lowest BCUT2D eigenvalue weighted by Crippen LogP contribution is -2.71. The molecule has 0 bridgehead atoms. The number of aliphatic hydroxyl groups excluding tert-OH is 4. The van der Waals surface area contributed by atoms with Gasteiger partial charge in [0.2, 0.25) is 5.91 Å². The highest BCUT2D eigenvalue weighted by molar-refractivity contribution is 5.92. The average molecular weight is 529 g/mol. The molecule has 0 aliphatic carbocycles. The molecule has 1 saturated heterocycles. The Morgan fingerprint density at radius 2 is 1.67 bits per heavy atom. The van der Waals surface area contributed by atoms with E-state index in [2.05, 4.69) is 10.1 Å². The van der Waals surface area contributed by atoms with Gasteiger partial charge in [-0.1, -0.05) is 26.2 Å². The van der Waals surface area contributed by atoms with Crippen molar-refractivity contribution in [2.75, 3.05) is 6.61 Å². The number of hydrogen-bond donors (Lipinski definition) is 8. The van der Waals surface area contributed by atoms with Gasteiger partial charge in [-0.25, -0.2) is 8.78 Å². The Morgan fingerprint density at radius 1 is 1.08 bits per heavy atom. The SMILES string of the molecule is C[C@H](CC(=O)[C@H](C)NC(=O)[C@@H](N)CCCCCCC(F)(F)C1(O)O[C@H](CO)[C@H](O)[C@H](O)[C@H]1O)C(=O)O. The summed E-state index contributed by atoms with van der Waals surface area (Å²) in [7, 11) is 0. The van der Waals surface area contributed by atoms with E-state index in [9.17, 15) is 43.6 Å². The van der Waals surface area contributed by atoms with E-state index in [4.69, 9.17) is 15.9 Å². The van der Waals surface area contributed by atoms with Crippen LogP contribution in [0, 0.1) is 5.92 Å². The number of halogens is 2. The molecule has 210 valence electrons.